The van der Waals surface area contributed by atoms with Gasteiger partial charge in [-0.1, -0.05) is 0 Å². The average molecular weight is 444 g/mol. The van der Waals surface area contributed by atoms with Crippen LogP contribution in [-0.4, -0.2) is 24.0 Å². The molecule has 158 valence electrons. The first-order valence-electron chi connectivity index (χ1n) is 8.35. The minimum absolute atomic E-state index is 0.00559. The third-order valence-electron chi connectivity index (χ3n) is 3.88. The van der Waals surface area contributed by atoms with E-state index in [-0.39, 0.29) is 23.3 Å². The second-order valence-electron chi connectivity index (χ2n) is 5.81. The zero-order chi connectivity index (χ0) is 21.8. The number of hydrogen-bond acceptors (Lipinski definition) is 5. The smallest absolute Gasteiger partial charge is 0.442 e. The molecule has 0 bridgehead atoms. The van der Waals surface area contributed by atoms with Crippen molar-refractivity contribution < 1.29 is 36.3 Å². The number of aromatic nitrogens is 2. The molecule has 0 radical (unpaired) electrons. The molecule has 7 nitrogen and oxygen atoms in total. The summed E-state index contributed by atoms with van der Waals surface area (Å²) in [5, 5.41) is 4.33. The predicted molar refractivity (Wildman–Crippen MR) is 97.7 cm³/mol. The predicted octanol–water partition coefficient (Wildman–Crippen LogP) is 2.93. The third-order valence-corrected chi connectivity index (χ3v) is 4.91. The number of carbonyl (C=O) groups is 1. The second-order valence-corrected chi connectivity index (χ2v) is 6.89. The largest absolute Gasteiger partial charge is 0.497 e. The highest BCUT2D eigenvalue weighted by Crippen LogP contribution is 2.24. The zero-order valence-corrected chi connectivity index (χ0v) is 16.1. The first kappa shape index (κ1) is 21.4. The molecule has 0 unspecified atom stereocenters. The molecule has 0 saturated carbocycles. The minimum Gasteiger partial charge on any atom is -0.497 e. The van der Waals surface area contributed by atoms with E-state index < -0.39 is 40.5 Å². The van der Waals surface area contributed by atoms with Gasteiger partial charge in [0.1, 0.15) is 11.4 Å². The summed E-state index contributed by atoms with van der Waals surface area (Å²) in [7, 11) is 1.50. The van der Waals surface area contributed by atoms with Gasteiger partial charge in [-0.25, -0.2) is 22.4 Å². The highest BCUT2D eigenvalue weighted by Gasteiger charge is 2.25. The van der Waals surface area contributed by atoms with Crippen molar-refractivity contribution in [2.75, 3.05) is 18.2 Å². The maximum atomic E-state index is 13.6. The molecule has 1 amide bonds. The van der Waals surface area contributed by atoms with Gasteiger partial charge >= 0.3 is 10.7 Å². The lowest BCUT2D eigenvalue weighted by molar-refractivity contribution is -0.704. The Labute approximate surface area is 170 Å². The Kier molecular flexibility index (Phi) is 6.45. The Morgan fingerprint density at radius 2 is 1.80 bits per heavy atom. The molecule has 0 spiro atoms. The van der Waals surface area contributed by atoms with E-state index in [4.69, 9.17) is 9.26 Å². The standard InChI is InChI=1S/C18H13F4N3O4S/c1-28-10-4-2-9(3-5-10)25-17(18(27)29-24-25)30-7-6-13(26)23-16-14(21)11(19)8-12(20)15(16)22/h2-5,8H,6-7H2,1H3,(H-,23,24,26,27)/p+1. The molecule has 1 heterocycles. The van der Waals surface area contributed by atoms with E-state index in [0.29, 0.717) is 11.4 Å². The van der Waals surface area contributed by atoms with Crippen LogP contribution in [0.4, 0.5) is 23.2 Å². The summed E-state index contributed by atoms with van der Waals surface area (Å²) in [6, 6.07) is 6.68. The molecular formula is C18H14F4N3O4S+. The van der Waals surface area contributed by atoms with Crippen LogP contribution in [0.3, 0.4) is 0 Å². The molecule has 1 aromatic heterocycles. The Morgan fingerprint density at radius 3 is 2.40 bits per heavy atom. The maximum Gasteiger partial charge on any atom is 0.442 e. The van der Waals surface area contributed by atoms with E-state index in [1.165, 1.54) is 11.8 Å². The number of H-pyrrole nitrogens is 1. The van der Waals surface area contributed by atoms with E-state index in [1.807, 2.05) is 0 Å². The van der Waals surface area contributed by atoms with Gasteiger partial charge in [-0.2, -0.15) is 0 Å². The van der Waals surface area contributed by atoms with Crippen LogP contribution < -0.4 is 20.4 Å². The molecule has 0 fully saturated rings. The van der Waals surface area contributed by atoms with Crippen molar-refractivity contribution in [1.82, 2.24) is 5.27 Å². The zero-order valence-electron chi connectivity index (χ0n) is 15.3. The first-order chi connectivity index (χ1) is 14.3. The van der Waals surface area contributed by atoms with Gasteiger partial charge in [-0.3, -0.25) is 9.32 Å². The van der Waals surface area contributed by atoms with Crippen molar-refractivity contribution in [3.8, 4) is 11.4 Å². The van der Waals surface area contributed by atoms with Gasteiger partial charge in [0, 0.05) is 30.4 Å². The summed E-state index contributed by atoms with van der Waals surface area (Å²) < 4.78 is 64.8. The average Bonchev–Trinajstić information content (AvgIpc) is 3.10. The lowest BCUT2D eigenvalue weighted by atomic mass is 10.2. The number of nitrogens with zero attached hydrogens (tertiary/aromatic N) is 1. The van der Waals surface area contributed by atoms with Crippen molar-refractivity contribution in [3.63, 3.8) is 0 Å². The number of halogens is 4. The van der Waals surface area contributed by atoms with Crippen molar-refractivity contribution in [3.05, 3.63) is 64.0 Å². The molecule has 3 aromatic rings. The van der Waals surface area contributed by atoms with Crippen LogP contribution in [0.15, 0.2) is 44.7 Å². The van der Waals surface area contributed by atoms with Crippen molar-refractivity contribution >= 4 is 23.4 Å². The third kappa shape index (κ3) is 4.48. The fourth-order valence-electron chi connectivity index (χ4n) is 2.41. The topological polar surface area (TPSA) is 88.2 Å². The summed E-state index contributed by atoms with van der Waals surface area (Å²) in [5.74, 6) is -6.98. The number of aromatic amines is 1. The summed E-state index contributed by atoms with van der Waals surface area (Å²) in [4.78, 5) is 23.9. The number of amides is 1. The highest BCUT2D eigenvalue weighted by atomic mass is 32.2. The van der Waals surface area contributed by atoms with E-state index in [9.17, 15) is 27.2 Å². The molecule has 3 rings (SSSR count). The van der Waals surface area contributed by atoms with Gasteiger partial charge in [-0.05, 0) is 33.8 Å². The van der Waals surface area contributed by atoms with Crippen LogP contribution in [0.1, 0.15) is 6.42 Å². The molecule has 2 N–H and O–H groups in total. The number of hydrogen-bond donors (Lipinski definition) is 2. The Hall–Kier alpha value is -3.28. The molecule has 12 heteroatoms. The summed E-state index contributed by atoms with van der Waals surface area (Å²) in [6.45, 7) is 0. The molecular weight excluding hydrogens is 430 g/mol. The molecule has 0 saturated heterocycles. The van der Waals surface area contributed by atoms with Crippen molar-refractivity contribution in [2.24, 2.45) is 0 Å². The van der Waals surface area contributed by atoms with Gasteiger partial charge in [0.2, 0.25) is 11.6 Å². The van der Waals surface area contributed by atoms with Crippen LogP contribution in [0.5, 0.6) is 5.75 Å². The van der Waals surface area contributed by atoms with Crippen LogP contribution >= 0.6 is 11.8 Å². The van der Waals surface area contributed by atoms with Gasteiger partial charge in [-0.15, -0.1) is 0 Å². The molecule has 0 aliphatic heterocycles. The molecule has 30 heavy (non-hydrogen) atoms. The van der Waals surface area contributed by atoms with Crippen molar-refractivity contribution in [1.29, 1.82) is 0 Å². The van der Waals surface area contributed by atoms with Crippen LogP contribution in [0.25, 0.3) is 5.69 Å². The first-order valence-corrected chi connectivity index (χ1v) is 9.34. The lowest BCUT2D eigenvalue weighted by Gasteiger charge is -2.08. The minimum atomic E-state index is -1.71. The van der Waals surface area contributed by atoms with E-state index in [1.54, 1.807) is 29.6 Å². The number of rotatable bonds is 7. The van der Waals surface area contributed by atoms with Gasteiger partial charge in [0.25, 0.3) is 0 Å². The number of benzene rings is 2. The maximum absolute atomic E-state index is 13.6. The Balaban J connectivity index is 1.67. The van der Waals surface area contributed by atoms with E-state index in [2.05, 4.69) is 5.27 Å². The van der Waals surface area contributed by atoms with E-state index in [0.717, 1.165) is 11.8 Å². The molecule has 2 aromatic carbocycles. The van der Waals surface area contributed by atoms with Crippen molar-refractivity contribution in [2.45, 2.75) is 11.4 Å². The number of anilines is 1. The number of nitrogens with one attached hydrogen (secondary N) is 2. The second kappa shape index (κ2) is 9.03. The van der Waals surface area contributed by atoms with Crippen LogP contribution in [0, 0.1) is 23.3 Å². The van der Waals surface area contributed by atoms with Crippen LogP contribution in [0.2, 0.25) is 0 Å². The quantitative estimate of drug-likeness (QED) is 0.253. The van der Waals surface area contributed by atoms with E-state index >= 15 is 0 Å². The normalized spacial score (nSPS) is 10.8. The van der Waals surface area contributed by atoms with Crippen LogP contribution in [-0.2, 0) is 4.79 Å². The monoisotopic (exact) mass is 444 g/mol. The molecule has 0 aliphatic carbocycles. The lowest BCUT2D eigenvalue weighted by Crippen LogP contribution is -2.36. The Morgan fingerprint density at radius 1 is 1.17 bits per heavy atom. The number of thioether (sulfide) groups is 1. The fraction of sp³-hybridized carbons (Fsp3) is 0.167. The number of carbonyl (C=O) groups excluding carboxylic acids is 1. The molecule has 0 atom stereocenters. The highest BCUT2D eigenvalue weighted by molar-refractivity contribution is 7.99. The molecule has 0 aliphatic rings. The summed E-state index contributed by atoms with van der Waals surface area (Å²) >= 11 is 0.936. The Bertz CT molecular complexity index is 1110. The SMILES string of the molecule is COc1ccc(-[n+]2[nH]oc(=O)c2SCCC(=O)Nc2c(F)c(F)cc(F)c2F)cc1. The number of ether oxygens (including phenoxy) is 1. The summed E-state index contributed by atoms with van der Waals surface area (Å²) in [6.07, 6.45) is -0.311. The van der Waals surface area contributed by atoms with Gasteiger partial charge < -0.3 is 10.1 Å². The van der Waals surface area contributed by atoms with Gasteiger partial charge in [0.05, 0.1) is 7.11 Å². The number of methoxy groups -OCH3 is 1. The fourth-order valence-corrected chi connectivity index (χ4v) is 3.33. The van der Waals surface area contributed by atoms with Gasteiger partial charge in [0.15, 0.2) is 23.3 Å². The summed E-state index contributed by atoms with van der Waals surface area (Å²) in [5.41, 5.74) is -1.36.